The van der Waals surface area contributed by atoms with E-state index < -0.39 is 0 Å². The van der Waals surface area contributed by atoms with Crippen LogP contribution in [0.5, 0.6) is 17.2 Å². The van der Waals surface area contributed by atoms with Crippen molar-refractivity contribution < 1.29 is 14.3 Å². The highest BCUT2D eigenvalue weighted by Gasteiger charge is 2.35. The molecule has 13 nitrogen and oxygen atoms in total. The standard InChI is InChI=1S/C30H30N10O3/c1-19-12-20(5-6-24(19)43-22-7-9-40-26(13-22)33-18-35-40)36-29-28-23(32-17-34-29)14-25-30(37-28)38-10-11-39(21(15-38)16-42-25)27(41)4-3-8-31-2/h3-7,9,12-14,17-18,21,31H,8,10-11,15-16H2,1-2H3,(H,32,34,36)/b4-3+. The molecule has 1 saturated heterocycles. The van der Waals surface area contributed by atoms with Crippen LogP contribution in [-0.4, -0.2) is 86.2 Å². The quantitative estimate of drug-likeness (QED) is 0.276. The summed E-state index contributed by atoms with van der Waals surface area (Å²) in [5.41, 5.74) is 3.79. The molecule has 2 aliphatic heterocycles. The fourth-order valence-electron chi connectivity index (χ4n) is 5.39. The van der Waals surface area contributed by atoms with Gasteiger partial charge < -0.3 is 29.9 Å². The van der Waals surface area contributed by atoms with Crippen molar-refractivity contribution in [2.24, 2.45) is 0 Å². The van der Waals surface area contributed by atoms with Crippen LogP contribution in [0.15, 0.2) is 67.4 Å². The van der Waals surface area contributed by atoms with Crippen LogP contribution in [0.1, 0.15) is 5.56 Å². The smallest absolute Gasteiger partial charge is 0.246 e. The number of carbonyl (C=O) groups is 1. The van der Waals surface area contributed by atoms with Gasteiger partial charge in [-0.15, -0.1) is 0 Å². The average molecular weight is 579 g/mol. The Balaban J connectivity index is 1.11. The molecule has 0 radical (unpaired) electrons. The van der Waals surface area contributed by atoms with Gasteiger partial charge in [0, 0.05) is 56.3 Å². The number of piperazine rings is 1. The summed E-state index contributed by atoms with van der Waals surface area (Å²) in [5, 5.41) is 10.5. The number of nitrogens with one attached hydrogen (secondary N) is 2. The second-order valence-electron chi connectivity index (χ2n) is 10.4. The van der Waals surface area contributed by atoms with E-state index in [1.54, 1.807) is 10.6 Å². The fourth-order valence-corrected chi connectivity index (χ4v) is 5.39. The van der Waals surface area contributed by atoms with Crippen molar-refractivity contribution >= 4 is 39.9 Å². The predicted octanol–water partition coefficient (Wildman–Crippen LogP) is 3.10. The van der Waals surface area contributed by atoms with Gasteiger partial charge in [-0.05, 0) is 43.8 Å². The number of hydrogen-bond acceptors (Lipinski definition) is 11. The summed E-state index contributed by atoms with van der Waals surface area (Å²) in [4.78, 5) is 35.1. The molecule has 2 N–H and O–H groups in total. The molecular weight excluding hydrogens is 548 g/mol. The summed E-state index contributed by atoms with van der Waals surface area (Å²) < 4.78 is 14.0. The second-order valence-corrected chi connectivity index (χ2v) is 10.4. The van der Waals surface area contributed by atoms with Crippen LogP contribution in [0.3, 0.4) is 0 Å². The summed E-state index contributed by atoms with van der Waals surface area (Å²) in [6, 6.07) is 11.4. The number of aryl methyl sites for hydroxylation is 1. The van der Waals surface area contributed by atoms with Gasteiger partial charge in [0.2, 0.25) is 5.91 Å². The molecule has 1 atom stereocenters. The first-order valence-corrected chi connectivity index (χ1v) is 14.1. The van der Waals surface area contributed by atoms with Crippen molar-refractivity contribution in [1.82, 2.24) is 39.8 Å². The number of aromatic nitrogens is 6. The largest absolute Gasteiger partial charge is 0.487 e. The van der Waals surface area contributed by atoms with Crippen molar-refractivity contribution in [2.45, 2.75) is 13.0 Å². The van der Waals surface area contributed by atoms with Crippen LogP contribution in [0.4, 0.5) is 17.3 Å². The lowest BCUT2D eigenvalue weighted by molar-refractivity contribution is -0.129. The predicted molar refractivity (Wildman–Crippen MR) is 161 cm³/mol. The first kappa shape index (κ1) is 26.6. The Bertz CT molecular complexity index is 1860. The molecule has 1 fully saturated rings. The lowest BCUT2D eigenvalue weighted by Crippen LogP contribution is -2.56. The molecule has 0 spiro atoms. The van der Waals surface area contributed by atoms with Gasteiger partial charge in [0.15, 0.2) is 23.0 Å². The molecule has 7 rings (SSSR count). The normalized spacial score (nSPS) is 16.3. The Morgan fingerprint density at radius 1 is 1.14 bits per heavy atom. The Hall–Kier alpha value is -5.30. The van der Waals surface area contributed by atoms with Crippen LogP contribution in [0.2, 0.25) is 0 Å². The zero-order valence-electron chi connectivity index (χ0n) is 23.8. The number of ether oxygens (including phenoxy) is 2. The molecule has 1 unspecified atom stereocenters. The van der Waals surface area contributed by atoms with E-state index in [2.05, 4.69) is 35.6 Å². The van der Waals surface area contributed by atoms with Crippen LogP contribution < -0.4 is 25.0 Å². The van der Waals surface area contributed by atoms with Gasteiger partial charge in [0.25, 0.3) is 0 Å². The molecular formula is C30H30N10O3. The number of benzene rings is 1. The number of fused-ring (bicyclic) bond motifs is 6. The minimum atomic E-state index is -0.0801. The molecule has 13 heteroatoms. The molecule has 1 amide bonds. The van der Waals surface area contributed by atoms with E-state index in [9.17, 15) is 4.79 Å². The van der Waals surface area contributed by atoms with Crippen LogP contribution in [0, 0.1) is 6.92 Å². The molecule has 43 heavy (non-hydrogen) atoms. The number of anilines is 3. The zero-order valence-corrected chi connectivity index (χ0v) is 23.8. The highest BCUT2D eigenvalue weighted by atomic mass is 16.5. The van der Waals surface area contributed by atoms with Gasteiger partial charge in [-0.1, -0.05) is 6.08 Å². The van der Waals surface area contributed by atoms with Gasteiger partial charge in [0.1, 0.15) is 36.3 Å². The summed E-state index contributed by atoms with van der Waals surface area (Å²) in [5.74, 6) is 3.37. The molecule has 2 aliphatic rings. The maximum atomic E-state index is 12.8. The van der Waals surface area contributed by atoms with E-state index in [1.807, 2.05) is 67.5 Å². The van der Waals surface area contributed by atoms with E-state index in [1.165, 1.54) is 12.7 Å². The third kappa shape index (κ3) is 5.26. The first-order chi connectivity index (χ1) is 21.1. The van der Waals surface area contributed by atoms with E-state index in [0.29, 0.717) is 66.8 Å². The fraction of sp³-hybridized carbons (Fsp3) is 0.267. The van der Waals surface area contributed by atoms with Gasteiger partial charge >= 0.3 is 0 Å². The SMILES string of the molecule is CNC/C=C/C(=O)N1CCN2CC1COc1cc3ncnc(Nc4ccc(Oc5ccn6ncnc6c5)c(C)c4)c3nc12. The summed E-state index contributed by atoms with van der Waals surface area (Å²) in [7, 11) is 1.85. The number of carbonyl (C=O) groups excluding carboxylic acids is 1. The summed E-state index contributed by atoms with van der Waals surface area (Å²) >= 11 is 0. The molecule has 4 aromatic heterocycles. The first-order valence-electron chi connectivity index (χ1n) is 14.1. The minimum absolute atomic E-state index is 0.00645. The van der Waals surface area contributed by atoms with Gasteiger partial charge in [-0.2, -0.15) is 5.10 Å². The Morgan fingerprint density at radius 2 is 2.07 bits per heavy atom. The van der Waals surface area contributed by atoms with Gasteiger partial charge in [0.05, 0.1) is 11.6 Å². The van der Waals surface area contributed by atoms with E-state index in [4.69, 9.17) is 14.5 Å². The molecule has 6 heterocycles. The maximum absolute atomic E-state index is 12.8. The molecule has 218 valence electrons. The number of rotatable bonds is 7. The third-order valence-electron chi connectivity index (χ3n) is 7.55. The summed E-state index contributed by atoms with van der Waals surface area (Å²) in [6.07, 6.45) is 8.29. The number of amides is 1. The van der Waals surface area contributed by atoms with Crippen LogP contribution in [-0.2, 0) is 4.79 Å². The highest BCUT2D eigenvalue weighted by molar-refractivity contribution is 5.90. The van der Waals surface area contributed by atoms with Crippen molar-refractivity contribution in [3.63, 3.8) is 0 Å². The second kappa shape index (κ2) is 11.2. The molecule has 1 aromatic carbocycles. The Labute approximate surface area is 247 Å². The lowest BCUT2D eigenvalue weighted by atomic mass is 10.1. The zero-order chi connectivity index (χ0) is 29.3. The van der Waals surface area contributed by atoms with Gasteiger partial charge in [-0.3, -0.25) is 4.79 Å². The number of hydrogen-bond donors (Lipinski definition) is 2. The van der Waals surface area contributed by atoms with Crippen molar-refractivity contribution in [3.8, 4) is 17.2 Å². The van der Waals surface area contributed by atoms with E-state index in [-0.39, 0.29) is 11.9 Å². The van der Waals surface area contributed by atoms with E-state index in [0.717, 1.165) is 22.8 Å². The molecule has 0 saturated carbocycles. The maximum Gasteiger partial charge on any atom is 0.246 e. The van der Waals surface area contributed by atoms with Crippen molar-refractivity contribution in [2.75, 3.05) is 50.1 Å². The molecule has 5 aromatic rings. The number of pyridine rings is 2. The third-order valence-corrected chi connectivity index (χ3v) is 7.55. The van der Waals surface area contributed by atoms with Crippen molar-refractivity contribution in [3.05, 3.63) is 73.0 Å². The monoisotopic (exact) mass is 578 g/mol. The highest BCUT2D eigenvalue weighted by Crippen LogP contribution is 2.36. The van der Waals surface area contributed by atoms with Gasteiger partial charge in [-0.25, -0.2) is 24.5 Å². The molecule has 0 aliphatic carbocycles. The van der Waals surface area contributed by atoms with Crippen LogP contribution in [0.25, 0.3) is 16.7 Å². The summed E-state index contributed by atoms with van der Waals surface area (Å²) in [6.45, 7) is 4.90. The number of likely N-dealkylation sites (N-methyl/N-ethyl adjacent to an activating group) is 1. The molecule has 2 bridgehead atoms. The minimum Gasteiger partial charge on any atom is -0.487 e. The van der Waals surface area contributed by atoms with E-state index >= 15 is 0 Å². The van der Waals surface area contributed by atoms with Crippen molar-refractivity contribution in [1.29, 1.82) is 0 Å². The lowest BCUT2D eigenvalue weighted by Gasteiger charge is -2.39. The Morgan fingerprint density at radius 3 is 2.95 bits per heavy atom. The Kier molecular flexibility index (Phi) is 6.91. The topological polar surface area (TPSA) is 135 Å². The van der Waals surface area contributed by atoms with Crippen LogP contribution >= 0.6 is 0 Å². The number of nitrogens with zero attached hydrogens (tertiary/aromatic N) is 8. The average Bonchev–Trinajstić information content (AvgIpc) is 3.44.